The van der Waals surface area contributed by atoms with Crippen LogP contribution in [0.2, 0.25) is 0 Å². The number of phenols is 1. The molecule has 0 aromatic heterocycles. The summed E-state index contributed by atoms with van der Waals surface area (Å²) in [6.45, 7) is 2.95. The first-order valence-corrected chi connectivity index (χ1v) is 7.86. The molecule has 0 saturated heterocycles. The summed E-state index contributed by atoms with van der Waals surface area (Å²) in [5.41, 5.74) is 1.75. The van der Waals surface area contributed by atoms with Gasteiger partial charge >= 0.3 is 0 Å². The normalized spacial score (nSPS) is 17.0. The Morgan fingerprint density at radius 3 is 2.77 bits per heavy atom. The van der Waals surface area contributed by atoms with Gasteiger partial charge in [0.05, 0.1) is 12.1 Å². The number of carbonyl (C=O) groups excluding carboxylic acids is 1. The third-order valence-corrected chi connectivity index (χ3v) is 3.86. The summed E-state index contributed by atoms with van der Waals surface area (Å²) in [4.78, 5) is 19.3. The average Bonchev–Trinajstić information content (AvgIpc) is 2.96. The minimum absolute atomic E-state index is 0.100. The van der Waals surface area contributed by atoms with E-state index < -0.39 is 0 Å². The van der Waals surface area contributed by atoms with Crippen LogP contribution in [0.4, 0.5) is 0 Å². The van der Waals surface area contributed by atoms with Crippen LogP contribution in [-0.4, -0.2) is 41.3 Å². The fraction of sp³-hybridized carbons (Fsp3) is 0.529. The van der Waals surface area contributed by atoms with Crippen molar-refractivity contribution < 1.29 is 14.7 Å². The van der Waals surface area contributed by atoms with Crippen molar-refractivity contribution in [2.45, 2.75) is 45.1 Å². The second-order valence-electron chi connectivity index (χ2n) is 5.74. The van der Waals surface area contributed by atoms with Crippen LogP contribution in [0.5, 0.6) is 5.75 Å². The summed E-state index contributed by atoms with van der Waals surface area (Å²) in [6.07, 6.45) is 4.13. The molecule has 0 aliphatic carbocycles. The number of oxime groups is 1. The summed E-state index contributed by atoms with van der Waals surface area (Å²) in [6, 6.07) is 6.85. The van der Waals surface area contributed by atoms with Crippen molar-refractivity contribution in [1.29, 1.82) is 0 Å². The average molecular weight is 304 g/mol. The SMILES string of the molecule is CCCCCN(C)C(=O)CC1CC(c2ccc(O)cc2)=NO1. The number of hydrogen-bond donors (Lipinski definition) is 1. The van der Waals surface area contributed by atoms with Gasteiger partial charge in [-0.1, -0.05) is 24.9 Å². The third kappa shape index (κ3) is 4.48. The topological polar surface area (TPSA) is 62.1 Å². The maximum absolute atomic E-state index is 12.1. The zero-order valence-electron chi connectivity index (χ0n) is 13.3. The van der Waals surface area contributed by atoms with E-state index in [0.717, 1.165) is 37.1 Å². The quantitative estimate of drug-likeness (QED) is 0.788. The van der Waals surface area contributed by atoms with Gasteiger partial charge in [-0.15, -0.1) is 0 Å². The Labute approximate surface area is 131 Å². The van der Waals surface area contributed by atoms with Gasteiger partial charge in [-0.3, -0.25) is 4.79 Å². The van der Waals surface area contributed by atoms with Gasteiger partial charge in [-0.25, -0.2) is 0 Å². The molecule has 0 bridgehead atoms. The zero-order valence-corrected chi connectivity index (χ0v) is 13.3. The van der Waals surface area contributed by atoms with Gasteiger partial charge in [0.15, 0.2) is 0 Å². The molecule has 0 fully saturated rings. The Morgan fingerprint density at radius 2 is 2.09 bits per heavy atom. The molecule has 0 saturated carbocycles. The van der Waals surface area contributed by atoms with Crippen LogP contribution in [0.1, 0.15) is 44.6 Å². The molecule has 5 heteroatoms. The van der Waals surface area contributed by atoms with Crippen LogP contribution >= 0.6 is 0 Å². The van der Waals surface area contributed by atoms with Crippen molar-refractivity contribution in [1.82, 2.24) is 4.90 Å². The molecule has 1 unspecified atom stereocenters. The Morgan fingerprint density at radius 1 is 1.36 bits per heavy atom. The van der Waals surface area contributed by atoms with E-state index in [1.54, 1.807) is 29.2 Å². The molecule has 22 heavy (non-hydrogen) atoms. The van der Waals surface area contributed by atoms with Gasteiger partial charge in [-0.2, -0.15) is 0 Å². The fourth-order valence-corrected chi connectivity index (χ4v) is 2.44. The summed E-state index contributed by atoms with van der Waals surface area (Å²) < 4.78 is 0. The maximum Gasteiger partial charge on any atom is 0.226 e. The van der Waals surface area contributed by atoms with Gasteiger partial charge in [0.1, 0.15) is 11.9 Å². The van der Waals surface area contributed by atoms with Crippen LogP contribution in [-0.2, 0) is 9.63 Å². The van der Waals surface area contributed by atoms with E-state index >= 15 is 0 Å². The zero-order chi connectivity index (χ0) is 15.9. The van der Waals surface area contributed by atoms with Crippen molar-refractivity contribution in [3.8, 4) is 5.75 Å². The molecule has 0 spiro atoms. The number of benzene rings is 1. The molecule has 1 amide bonds. The second kappa shape index (κ2) is 7.82. The number of carbonyl (C=O) groups is 1. The van der Waals surface area contributed by atoms with Gasteiger partial charge in [0.2, 0.25) is 5.91 Å². The predicted octanol–water partition coefficient (Wildman–Crippen LogP) is 2.92. The monoisotopic (exact) mass is 304 g/mol. The highest BCUT2D eigenvalue weighted by Crippen LogP contribution is 2.21. The molecule has 1 aliphatic rings. The highest BCUT2D eigenvalue weighted by molar-refractivity contribution is 6.01. The second-order valence-corrected chi connectivity index (χ2v) is 5.74. The number of phenolic OH excluding ortho intramolecular Hbond substituents is 1. The Kier molecular flexibility index (Phi) is 5.81. The van der Waals surface area contributed by atoms with E-state index in [1.807, 2.05) is 7.05 Å². The lowest BCUT2D eigenvalue weighted by molar-refractivity contribution is -0.132. The van der Waals surface area contributed by atoms with Crippen molar-refractivity contribution in [2.24, 2.45) is 5.16 Å². The smallest absolute Gasteiger partial charge is 0.226 e. The first-order valence-electron chi connectivity index (χ1n) is 7.86. The molecule has 2 rings (SSSR count). The lowest BCUT2D eigenvalue weighted by Crippen LogP contribution is -2.30. The maximum atomic E-state index is 12.1. The van der Waals surface area contributed by atoms with E-state index in [0.29, 0.717) is 12.8 Å². The number of rotatable bonds is 7. The molecule has 1 atom stereocenters. The van der Waals surface area contributed by atoms with Crippen molar-refractivity contribution >= 4 is 11.6 Å². The van der Waals surface area contributed by atoms with Crippen LogP contribution in [0.25, 0.3) is 0 Å². The van der Waals surface area contributed by atoms with E-state index in [-0.39, 0.29) is 17.8 Å². The van der Waals surface area contributed by atoms with Gasteiger partial charge < -0.3 is 14.8 Å². The van der Waals surface area contributed by atoms with Crippen LogP contribution in [0.15, 0.2) is 29.4 Å². The van der Waals surface area contributed by atoms with Crippen LogP contribution in [0.3, 0.4) is 0 Å². The number of unbranched alkanes of at least 4 members (excludes halogenated alkanes) is 2. The molecule has 1 N–H and O–H groups in total. The molecule has 5 nitrogen and oxygen atoms in total. The van der Waals surface area contributed by atoms with E-state index in [9.17, 15) is 9.90 Å². The lowest BCUT2D eigenvalue weighted by atomic mass is 10.0. The van der Waals surface area contributed by atoms with Gasteiger partial charge in [0, 0.05) is 20.0 Å². The fourth-order valence-electron chi connectivity index (χ4n) is 2.44. The summed E-state index contributed by atoms with van der Waals surface area (Å²) in [5.74, 6) is 0.326. The molecular weight excluding hydrogens is 280 g/mol. The minimum atomic E-state index is -0.190. The highest BCUT2D eigenvalue weighted by Gasteiger charge is 2.25. The Bertz CT molecular complexity index is 525. The molecule has 1 heterocycles. The van der Waals surface area contributed by atoms with Crippen molar-refractivity contribution in [2.75, 3.05) is 13.6 Å². The molecule has 0 radical (unpaired) electrons. The number of amides is 1. The first-order chi connectivity index (χ1) is 10.6. The largest absolute Gasteiger partial charge is 0.508 e. The molecule has 120 valence electrons. The number of hydrogen-bond acceptors (Lipinski definition) is 4. The highest BCUT2D eigenvalue weighted by atomic mass is 16.6. The van der Waals surface area contributed by atoms with E-state index in [2.05, 4.69) is 12.1 Å². The molecule has 1 aromatic rings. The molecule has 1 aromatic carbocycles. The predicted molar refractivity (Wildman–Crippen MR) is 85.9 cm³/mol. The van der Waals surface area contributed by atoms with Crippen molar-refractivity contribution in [3.05, 3.63) is 29.8 Å². The standard InChI is InChI=1S/C17H24N2O3/c1-3-4-5-10-19(2)17(21)12-15-11-16(18-22-15)13-6-8-14(20)9-7-13/h6-9,15,20H,3-5,10-12H2,1-2H3. The van der Waals surface area contributed by atoms with Crippen LogP contribution in [0, 0.1) is 0 Å². The lowest BCUT2D eigenvalue weighted by Gasteiger charge is -2.18. The number of aromatic hydroxyl groups is 1. The molecule has 1 aliphatic heterocycles. The Balaban J connectivity index is 1.79. The van der Waals surface area contributed by atoms with Gasteiger partial charge in [-0.05, 0) is 36.2 Å². The number of nitrogens with zero attached hydrogens (tertiary/aromatic N) is 2. The van der Waals surface area contributed by atoms with Crippen molar-refractivity contribution in [3.63, 3.8) is 0 Å². The summed E-state index contributed by atoms with van der Waals surface area (Å²) in [7, 11) is 1.84. The van der Waals surface area contributed by atoms with Crippen LogP contribution < -0.4 is 0 Å². The molecular formula is C17H24N2O3. The van der Waals surface area contributed by atoms with Gasteiger partial charge in [0.25, 0.3) is 0 Å². The summed E-state index contributed by atoms with van der Waals surface area (Å²) in [5, 5.41) is 13.4. The summed E-state index contributed by atoms with van der Waals surface area (Å²) >= 11 is 0. The first kappa shape index (κ1) is 16.3. The minimum Gasteiger partial charge on any atom is -0.508 e. The van der Waals surface area contributed by atoms with E-state index in [4.69, 9.17) is 4.84 Å². The van der Waals surface area contributed by atoms with E-state index in [1.165, 1.54) is 0 Å². The Hall–Kier alpha value is -2.04. The third-order valence-electron chi connectivity index (χ3n) is 3.86.